The highest BCUT2D eigenvalue weighted by atomic mass is 16.5. The number of rotatable bonds is 14. The van der Waals surface area contributed by atoms with Gasteiger partial charge in [-0.3, -0.25) is 0 Å². The van der Waals surface area contributed by atoms with E-state index in [0.717, 1.165) is 12.2 Å². The lowest BCUT2D eigenvalue weighted by Gasteiger charge is -2.08. The molecule has 0 atom stereocenters. The molecule has 0 fully saturated rings. The molecular formula is C19H32O3. The second-order valence-corrected chi connectivity index (χ2v) is 5.70. The minimum absolute atomic E-state index is 0.0634. The van der Waals surface area contributed by atoms with Crippen LogP contribution in [0.1, 0.15) is 57.4 Å². The van der Waals surface area contributed by atoms with Crippen molar-refractivity contribution in [1.82, 2.24) is 0 Å². The predicted molar refractivity (Wildman–Crippen MR) is 91.5 cm³/mol. The Balaban J connectivity index is 2.12. The second-order valence-electron chi connectivity index (χ2n) is 5.70. The maximum Gasteiger partial charge on any atom is 0.119 e. The number of ether oxygens (including phenoxy) is 2. The SMILES string of the molecule is CCCCCCCCCc1cccc(OCCOCCO)c1. The maximum absolute atomic E-state index is 8.62. The van der Waals surface area contributed by atoms with Crippen molar-refractivity contribution in [3.8, 4) is 5.75 Å². The summed E-state index contributed by atoms with van der Waals surface area (Å²) in [6, 6.07) is 8.34. The van der Waals surface area contributed by atoms with Crippen molar-refractivity contribution in [2.24, 2.45) is 0 Å². The van der Waals surface area contributed by atoms with Gasteiger partial charge in [0.2, 0.25) is 0 Å². The molecule has 0 spiro atoms. The molecule has 0 saturated heterocycles. The molecule has 126 valence electrons. The van der Waals surface area contributed by atoms with E-state index in [1.807, 2.05) is 6.07 Å². The van der Waals surface area contributed by atoms with E-state index in [1.54, 1.807) is 0 Å². The highest BCUT2D eigenvalue weighted by Crippen LogP contribution is 2.16. The Kier molecular flexibility index (Phi) is 11.7. The molecule has 0 aliphatic carbocycles. The third-order valence-corrected chi connectivity index (χ3v) is 3.70. The number of hydrogen-bond acceptors (Lipinski definition) is 3. The van der Waals surface area contributed by atoms with Crippen molar-refractivity contribution < 1.29 is 14.6 Å². The van der Waals surface area contributed by atoms with Crippen LogP contribution in [0.25, 0.3) is 0 Å². The quantitative estimate of drug-likeness (QED) is 0.519. The molecule has 1 rings (SSSR count). The van der Waals surface area contributed by atoms with E-state index in [4.69, 9.17) is 14.6 Å². The first-order valence-electron chi connectivity index (χ1n) is 8.77. The monoisotopic (exact) mass is 308 g/mol. The molecule has 0 aliphatic rings. The van der Waals surface area contributed by atoms with Crippen LogP contribution < -0.4 is 4.74 Å². The van der Waals surface area contributed by atoms with Crippen molar-refractivity contribution in [2.75, 3.05) is 26.4 Å². The standard InChI is InChI=1S/C19H32O3/c1-2-3-4-5-6-7-8-10-18-11-9-12-19(17-18)22-16-15-21-14-13-20/h9,11-12,17,20H,2-8,10,13-16H2,1H3. The fraction of sp³-hybridized carbons (Fsp3) is 0.684. The van der Waals surface area contributed by atoms with Crippen molar-refractivity contribution in [2.45, 2.75) is 58.3 Å². The minimum atomic E-state index is 0.0634. The summed E-state index contributed by atoms with van der Waals surface area (Å²) in [5.74, 6) is 0.910. The van der Waals surface area contributed by atoms with Gasteiger partial charge in [0.1, 0.15) is 12.4 Å². The van der Waals surface area contributed by atoms with E-state index in [-0.39, 0.29) is 6.61 Å². The van der Waals surface area contributed by atoms with Crippen LogP contribution in [0.2, 0.25) is 0 Å². The zero-order chi connectivity index (χ0) is 15.9. The molecule has 0 aliphatic heterocycles. The summed E-state index contributed by atoms with van der Waals surface area (Å²) in [4.78, 5) is 0. The number of unbranched alkanes of at least 4 members (excludes halogenated alkanes) is 6. The van der Waals surface area contributed by atoms with E-state index < -0.39 is 0 Å². The van der Waals surface area contributed by atoms with Gasteiger partial charge in [-0.15, -0.1) is 0 Å². The van der Waals surface area contributed by atoms with Crippen LogP contribution in [0, 0.1) is 0 Å². The lowest BCUT2D eigenvalue weighted by molar-refractivity contribution is 0.0705. The molecule has 0 saturated carbocycles. The van der Waals surface area contributed by atoms with E-state index in [0.29, 0.717) is 19.8 Å². The fourth-order valence-corrected chi connectivity index (χ4v) is 2.46. The van der Waals surface area contributed by atoms with Crippen LogP contribution in [0.3, 0.4) is 0 Å². The second kappa shape index (κ2) is 13.6. The Morgan fingerprint density at radius 1 is 0.909 bits per heavy atom. The molecule has 1 N–H and O–H groups in total. The highest BCUT2D eigenvalue weighted by molar-refractivity contribution is 5.28. The van der Waals surface area contributed by atoms with Crippen molar-refractivity contribution in [3.05, 3.63) is 29.8 Å². The average Bonchev–Trinajstić information content (AvgIpc) is 2.54. The van der Waals surface area contributed by atoms with Gasteiger partial charge in [0.25, 0.3) is 0 Å². The van der Waals surface area contributed by atoms with E-state index in [1.165, 1.54) is 50.5 Å². The molecule has 3 nitrogen and oxygen atoms in total. The molecule has 1 aromatic rings. The summed E-state index contributed by atoms with van der Waals surface area (Å²) < 4.78 is 10.8. The highest BCUT2D eigenvalue weighted by Gasteiger charge is 1.98. The summed E-state index contributed by atoms with van der Waals surface area (Å²) in [6.45, 7) is 3.74. The van der Waals surface area contributed by atoms with Crippen molar-refractivity contribution >= 4 is 0 Å². The molecule has 0 amide bonds. The average molecular weight is 308 g/mol. The number of aliphatic hydroxyl groups is 1. The Bertz CT molecular complexity index is 365. The third kappa shape index (κ3) is 9.80. The van der Waals surface area contributed by atoms with Crippen molar-refractivity contribution in [1.29, 1.82) is 0 Å². The Hall–Kier alpha value is -1.06. The van der Waals surface area contributed by atoms with Gasteiger partial charge >= 0.3 is 0 Å². The summed E-state index contributed by atoms with van der Waals surface area (Å²) in [5.41, 5.74) is 1.35. The molecule has 0 unspecified atom stereocenters. The normalized spacial score (nSPS) is 10.8. The fourth-order valence-electron chi connectivity index (χ4n) is 2.46. The van der Waals surface area contributed by atoms with Gasteiger partial charge in [-0.2, -0.15) is 0 Å². The van der Waals surface area contributed by atoms with E-state index >= 15 is 0 Å². The van der Waals surface area contributed by atoms with Gasteiger partial charge in [-0.1, -0.05) is 57.6 Å². The van der Waals surface area contributed by atoms with Gasteiger partial charge in [0.05, 0.1) is 19.8 Å². The Morgan fingerprint density at radius 2 is 1.68 bits per heavy atom. The summed E-state index contributed by atoms with van der Waals surface area (Å²) in [6.07, 6.45) is 10.5. The zero-order valence-corrected chi connectivity index (χ0v) is 14.1. The number of aryl methyl sites for hydroxylation is 1. The number of hydrogen-bond donors (Lipinski definition) is 1. The van der Waals surface area contributed by atoms with E-state index in [2.05, 4.69) is 25.1 Å². The summed E-state index contributed by atoms with van der Waals surface area (Å²) in [7, 11) is 0. The van der Waals surface area contributed by atoms with Crippen LogP contribution in [-0.2, 0) is 11.2 Å². The van der Waals surface area contributed by atoms with Crippen LogP contribution in [0.15, 0.2) is 24.3 Å². The lowest BCUT2D eigenvalue weighted by Crippen LogP contribution is -2.09. The summed E-state index contributed by atoms with van der Waals surface area (Å²) in [5, 5.41) is 8.62. The molecule has 22 heavy (non-hydrogen) atoms. The number of benzene rings is 1. The molecular weight excluding hydrogens is 276 g/mol. The van der Waals surface area contributed by atoms with Crippen LogP contribution in [0.4, 0.5) is 0 Å². The first-order chi connectivity index (χ1) is 10.9. The molecule has 0 radical (unpaired) electrons. The van der Waals surface area contributed by atoms with Crippen LogP contribution >= 0.6 is 0 Å². The van der Waals surface area contributed by atoms with Gasteiger partial charge < -0.3 is 14.6 Å². The maximum atomic E-state index is 8.62. The molecule has 0 heterocycles. The molecule has 0 bridgehead atoms. The summed E-state index contributed by atoms with van der Waals surface area (Å²) >= 11 is 0. The first kappa shape index (κ1) is 19.0. The van der Waals surface area contributed by atoms with Gasteiger partial charge in [-0.05, 0) is 30.5 Å². The van der Waals surface area contributed by atoms with E-state index in [9.17, 15) is 0 Å². The van der Waals surface area contributed by atoms with Crippen molar-refractivity contribution in [3.63, 3.8) is 0 Å². The largest absolute Gasteiger partial charge is 0.491 e. The first-order valence-corrected chi connectivity index (χ1v) is 8.77. The lowest BCUT2D eigenvalue weighted by atomic mass is 10.0. The van der Waals surface area contributed by atoms with Crippen LogP contribution in [-0.4, -0.2) is 31.5 Å². The van der Waals surface area contributed by atoms with Gasteiger partial charge in [-0.25, -0.2) is 0 Å². The zero-order valence-electron chi connectivity index (χ0n) is 14.1. The number of aliphatic hydroxyl groups excluding tert-OH is 1. The smallest absolute Gasteiger partial charge is 0.119 e. The third-order valence-electron chi connectivity index (χ3n) is 3.70. The molecule has 3 heteroatoms. The van der Waals surface area contributed by atoms with Gasteiger partial charge in [0, 0.05) is 0 Å². The Labute approximate surface area is 135 Å². The predicted octanol–water partition coefficient (Wildman–Crippen LogP) is 4.37. The Morgan fingerprint density at radius 3 is 2.45 bits per heavy atom. The topological polar surface area (TPSA) is 38.7 Å². The molecule has 0 aromatic heterocycles. The molecule has 1 aromatic carbocycles. The van der Waals surface area contributed by atoms with Gasteiger partial charge in [0.15, 0.2) is 0 Å². The van der Waals surface area contributed by atoms with Crippen LogP contribution in [0.5, 0.6) is 5.75 Å². The minimum Gasteiger partial charge on any atom is -0.491 e.